The molecule has 0 aliphatic rings. The second-order valence-electron chi connectivity index (χ2n) is 2.81. The van der Waals surface area contributed by atoms with Crippen LogP contribution in [0.25, 0.3) is 0 Å². The van der Waals surface area contributed by atoms with E-state index in [1.807, 2.05) is 6.92 Å². The highest BCUT2D eigenvalue weighted by molar-refractivity contribution is 5.37. The van der Waals surface area contributed by atoms with Crippen LogP contribution in [-0.4, -0.2) is 28.4 Å². The van der Waals surface area contributed by atoms with Gasteiger partial charge in [0.25, 0.3) is 6.47 Å². The Labute approximate surface area is 75.7 Å². The number of nitrogens with one attached hydrogen (secondary N) is 1. The highest BCUT2D eigenvalue weighted by Gasteiger charge is 2.09. The fourth-order valence-electron chi connectivity index (χ4n) is 0.982. The number of ether oxygens (including phenoxy) is 1. The molecule has 0 aliphatic carbocycles. The summed E-state index contributed by atoms with van der Waals surface area (Å²) >= 11 is 0. The minimum atomic E-state index is -0.0613. The first-order valence-corrected chi connectivity index (χ1v) is 3.98. The Balaban J connectivity index is 2.54. The van der Waals surface area contributed by atoms with Gasteiger partial charge in [-0.3, -0.25) is 9.89 Å². The Hall–Kier alpha value is -1.36. The lowest BCUT2D eigenvalue weighted by molar-refractivity contribution is -0.129. The second-order valence-corrected chi connectivity index (χ2v) is 2.81. The molecule has 2 N–H and O–H groups in total. The minimum Gasteiger partial charge on any atom is -0.467 e. The van der Waals surface area contributed by atoms with Crippen molar-refractivity contribution in [2.45, 2.75) is 19.4 Å². The van der Waals surface area contributed by atoms with E-state index in [4.69, 9.17) is 5.11 Å². The zero-order valence-electron chi connectivity index (χ0n) is 7.36. The number of hydrogen-bond donors (Lipinski definition) is 2. The fraction of sp³-hybridized carbons (Fsp3) is 0.500. The van der Waals surface area contributed by atoms with E-state index in [9.17, 15) is 4.79 Å². The van der Waals surface area contributed by atoms with Crippen molar-refractivity contribution >= 4 is 6.47 Å². The summed E-state index contributed by atoms with van der Waals surface area (Å²) in [6.07, 6.45) is 0. The van der Waals surface area contributed by atoms with Crippen molar-refractivity contribution in [3.63, 3.8) is 0 Å². The van der Waals surface area contributed by atoms with Crippen molar-refractivity contribution < 1.29 is 14.6 Å². The number of aromatic amines is 1. The van der Waals surface area contributed by atoms with Crippen LogP contribution in [0.1, 0.15) is 24.2 Å². The molecule has 0 radical (unpaired) electrons. The normalized spacial score (nSPS) is 12.5. The van der Waals surface area contributed by atoms with Gasteiger partial charge in [-0.15, -0.1) is 0 Å². The average molecular weight is 184 g/mol. The van der Waals surface area contributed by atoms with Crippen LogP contribution in [0.2, 0.25) is 0 Å². The van der Waals surface area contributed by atoms with Gasteiger partial charge in [-0.2, -0.15) is 5.10 Å². The summed E-state index contributed by atoms with van der Waals surface area (Å²) in [5.74, 6) is 0.0433. The number of aliphatic hydroxyl groups is 1. The van der Waals surface area contributed by atoms with Gasteiger partial charge in [0.15, 0.2) is 0 Å². The molecule has 0 spiro atoms. The second kappa shape index (κ2) is 4.61. The monoisotopic (exact) mass is 184 g/mol. The van der Waals surface area contributed by atoms with Gasteiger partial charge in [0.05, 0.1) is 24.6 Å². The standard InChI is InChI=1S/C8H12N2O3/c1-6(4-13-5-12)8-2-7(3-11)9-10-8/h2,5-6,11H,3-4H2,1H3,(H,9,10). The summed E-state index contributed by atoms with van der Waals surface area (Å²) in [6, 6.07) is 1.75. The summed E-state index contributed by atoms with van der Waals surface area (Å²) in [7, 11) is 0. The molecule has 13 heavy (non-hydrogen) atoms. The van der Waals surface area contributed by atoms with E-state index in [1.54, 1.807) is 6.07 Å². The zero-order valence-corrected chi connectivity index (χ0v) is 7.36. The van der Waals surface area contributed by atoms with Crippen LogP contribution in [0, 0.1) is 0 Å². The largest absolute Gasteiger partial charge is 0.467 e. The number of hydrogen-bond acceptors (Lipinski definition) is 4. The molecular formula is C8H12N2O3. The van der Waals surface area contributed by atoms with Crippen molar-refractivity contribution in [1.82, 2.24) is 10.2 Å². The summed E-state index contributed by atoms with van der Waals surface area (Å²) in [4.78, 5) is 9.91. The molecule has 5 heteroatoms. The maximum Gasteiger partial charge on any atom is 0.293 e. The first-order chi connectivity index (χ1) is 6.27. The van der Waals surface area contributed by atoms with Crippen LogP contribution in [-0.2, 0) is 16.1 Å². The predicted molar refractivity (Wildman–Crippen MR) is 44.9 cm³/mol. The molecule has 1 atom stereocenters. The molecule has 0 bridgehead atoms. The molecule has 5 nitrogen and oxygen atoms in total. The third-order valence-electron chi connectivity index (χ3n) is 1.74. The summed E-state index contributed by atoms with van der Waals surface area (Å²) < 4.78 is 4.60. The van der Waals surface area contributed by atoms with E-state index < -0.39 is 0 Å². The molecule has 1 heterocycles. The van der Waals surface area contributed by atoms with Crippen LogP contribution in [0.15, 0.2) is 6.07 Å². The number of nitrogens with zero attached hydrogens (tertiary/aromatic N) is 1. The molecule has 1 aromatic rings. The molecule has 0 aliphatic heterocycles. The lowest BCUT2D eigenvalue weighted by atomic mass is 10.1. The van der Waals surface area contributed by atoms with Gasteiger partial charge < -0.3 is 9.84 Å². The Morgan fingerprint density at radius 3 is 3.15 bits per heavy atom. The number of H-pyrrole nitrogens is 1. The van der Waals surface area contributed by atoms with Crippen molar-refractivity contribution in [3.8, 4) is 0 Å². The molecule has 0 fully saturated rings. The lowest BCUT2D eigenvalue weighted by Crippen LogP contribution is -2.03. The van der Waals surface area contributed by atoms with Crippen LogP contribution in [0.5, 0.6) is 0 Å². The van der Waals surface area contributed by atoms with Gasteiger partial charge in [-0.05, 0) is 6.07 Å². The quantitative estimate of drug-likeness (QED) is 0.640. The number of carbonyl (C=O) groups is 1. The van der Waals surface area contributed by atoms with Crippen LogP contribution >= 0.6 is 0 Å². The van der Waals surface area contributed by atoms with Crippen LogP contribution < -0.4 is 0 Å². The summed E-state index contributed by atoms with van der Waals surface area (Å²) in [6.45, 7) is 2.55. The van der Waals surface area contributed by atoms with Gasteiger partial charge in [0, 0.05) is 5.92 Å². The molecule has 0 saturated carbocycles. The van der Waals surface area contributed by atoms with Crippen LogP contribution in [0.4, 0.5) is 0 Å². The number of aliphatic hydroxyl groups excluding tert-OH is 1. The van der Waals surface area contributed by atoms with Gasteiger partial charge in [0.2, 0.25) is 0 Å². The van der Waals surface area contributed by atoms with Gasteiger partial charge in [-0.25, -0.2) is 0 Å². The SMILES string of the molecule is CC(COC=O)c1cc(CO)[nH]n1. The summed E-state index contributed by atoms with van der Waals surface area (Å²) in [5, 5.41) is 15.4. The van der Waals surface area contributed by atoms with Gasteiger partial charge >= 0.3 is 0 Å². The molecule has 0 saturated heterocycles. The van der Waals surface area contributed by atoms with E-state index in [2.05, 4.69) is 14.9 Å². The molecule has 1 aromatic heterocycles. The van der Waals surface area contributed by atoms with E-state index in [0.717, 1.165) is 5.69 Å². The highest BCUT2D eigenvalue weighted by Crippen LogP contribution is 2.13. The van der Waals surface area contributed by atoms with Crippen molar-refractivity contribution in [3.05, 3.63) is 17.5 Å². The Bertz CT molecular complexity index is 272. The van der Waals surface area contributed by atoms with E-state index in [1.165, 1.54) is 0 Å². The Morgan fingerprint density at radius 2 is 2.62 bits per heavy atom. The van der Waals surface area contributed by atoms with Gasteiger partial charge in [-0.1, -0.05) is 6.92 Å². The van der Waals surface area contributed by atoms with Gasteiger partial charge in [0.1, 0.15) is 0 Å². The molecular weight excluding hydrogens is 172 g/mol. The average Bonchev–Trinajstić information content (AvgIpc) is 2.62. The van der Waals surface area contributed by atoms with Crippen LogP contribution in [0.3, 0.4) is 0 Å². The smallest absolute Gasteiger partial charge is 0.293 e. The highest BCUT2D eigenvalue weighted by atomic mass is 16.5. The number of aromatic nitrogens is 2. The van der Waals surface area contributed by atoms with E-state index in [-0.39, 0.29) is 12.5 Å². The first kappa shape index (κ1) is 9.73. The maximum atomic E-state index is 9.91. The topological polar surface area (TPSA) is 75.2 Å². The number of carbonyl (C=O) groups excluding carboxylic acids is 1. The zero-order chi connectivity index (χ0) is 9.68. The molecule has 1 unspecified atom stereocenters. The van der Waals surface area contributed by atoms with Crippen molar-refractivity contribution in [2.75, 3.05) is 6.61 Å². The third-order valence-corrected chi connectivity index (χ3v) is 1.74. The first-order valence-electron chi connectivity index (χ1n) is 3.98. The maximum absolute atomic E-state index is 9.91. The Morgan fingerprint density at radius 1 is 1.85 bits per heavy atom. The fourth-order valence-corrected chi connectivity index (χ4v) is 0.982. The van der Waals surface area contributed by atoms with E-state index >= 15 is 0 Å². The third kappa shape index (κ3) is 2.55. The summed E-state index contributed by atoms with van der Waals surface area (Å²) in [5.41, 5.74) is 1.44. The van der Waals surface area contributed by atoms with E-state index in [0.29, 0.717) is 18.8 Å². The lowest BCUT2D eigenvalue weighted by Gasteiger charge is -2.04. The molecule has 0 amide bonds. The predicted octanol–water partition coefficient (Wildman–Crippen LogP) is 0.178. The molecule has 1 rings (SSSR count). The molecule has 72 valence electrons. The van der Waals surface area contributed by atoms with Crippen molar-refractivity contribution in [2.24, 2.45) is 0 Å². The number of rotatable bonds is 5. The molecule has 0 aromatic carbocycles. The Kier molecular flexibility index (Phi) is 3.45. The van der Waals surface area contributed by atoms with Crippen molar-refractivity contribution in [1.29, 1.82) is 0 Å². The minimum absolute atomic E-state index is 0.0433.